The minimum atomic E-state index is -0.208. The van der Waals surface area contributed by atoms with E-state index in [-0.39, 0.29) is 11.8 Å². The Morgan fingerprint density at radius 2 is 1.46 bits per heavy atom. The summed E-state index contributed by atoms with van der Waals surface area (Å²) >= 11 is 0. The molecule has 3 aromatic rings. The second kappa shape index (κ2) is 9.97. The SMILES string of the molecule is COc1ccc(C(=O)N2CCN(c3ccc(NC(=O)c4ccc5c(c4)OCCO5)cc3)CC2)cc1. The fourth-order valence-electron chi connectivity index (χ4n) is 4.23. The lowest BCUT2D eigenvalue weighted by Crippen LogP contribution is -2.48. The number of hydrogen-bond donors (Lipinski definition) is 1. The highest BCUT2D eigenvalue weighted by atomic mass is 16.6. The minimum Gasteiger partial charge on any atom is -0.497 e. The summed E-state index contributed by atoms with van der Waals surface area (Å²) in [6.07, 6.45) is 0. The second-order valence-corrected chi connectivity index (χ2v) is 8.37. The number of methoxy groups -OCH3 is 1. The predicted octanol–water partition coefficient (Wildman–Crippen LogP) is 3.68. The first kappa shape index (κ1) is 22.6. The molecule has 2 aliphatic rings. The van der Waals surface area contributed by atoms with Gasteiger partial charge in [0, 0.05) is 48.7 Å². The number of fused-ring (bicyclic) bond motifs is 1. The Bertz CT molecular complexity index is 1200. The zero-order chi connectivity index (χ0) is 24.2. The predicted molar refractivity (Wildman–Crippen MR) is 133 cm³/mol. The number of nitrogens with one attached hydrogen (secondary N) is 1. The number of amides is 2. The molecule has 0 radical (unpaired) electrons. The van der Waals surface area contributed by atoms with Crippen LogP contribution in [0.25, 0.3) is 0 Å². The van der Waals surface area contributed by atoms with Crippen LogP contribution in [0.4, 0.5) is 11.4 Å². The maximum Gasteiger partial charge on any atom is 0.255 e. The monoisotopic (exact) mass is 473 g/mol. The molecule has 1 fully saturated rings. The Hall–Kier alpha value is -4.20. The van der Waals surface area contributed by atoms with Gasteiger partial charge in [-0.3, -0.25) is 9.59 Å². The lowest BCUT2D eigenvalue weighted by molar-refractivity contribution is 0.0746. The van der Waals surface area contributed by atoms with Crippen molar-refractivity contribution in [1.82, 2.24) is 4.90 Å². The van der Waals surface area contributed by atoms with Gasteiger partial charge in [0.2, 0.25) is 0 Å². The molecule has 35 heavy (non-hydrogen) atoms. The van der Waals surface area contributed by atoms with Crippen LogP contribution in [-0.4, -0.2) is 63.2 Å². The van der Waals surface area contributed by atoms with E-state index in [0.717, 1.165) is 24.5 Å². The Morgan fingerprint density at radius 1 is 0.800 bits per heavy atom. The van der Waals surface area contributed by atoms with Crippen LogP contribution in [0.3, 0.4) is 0 Å². The quantitative estimate of drug-likeness (QED) is 0.609. The lowest BCUT2D eigenvalue weighted by atomic mass is 10.1. The molecule has 8 nitrogen and oxygen atoms in total. The fourth-order valence-corrected chi connectivity index (χ4v) is 4.23. The smallest absolute Gasteiger partial charge is 0.255 e. The van der Waals surface area contributed by atoms with E-state index in [1.807, 2.05) is 29.2 Å². The standard InChI is InChI=1S/C27H27N3O5/c1-33-23-9-2-19(3-10-23)27(32)30-14-12-29(13-15-30)22-7-5-21(6-8-22)28-26(31)20-4-11-24-25(18-20)35-17-16-34-24/h2-11,18H,12-17H2,1H3,(H,28,31). The highest BCUT2D eigenvalue weighted by Gasteiger charge is 2.22. The van der Waals surface area contributed by atoms with Crippen molar-refractivity contribution in [3.63, 3.8) is 0 Å². The van der Waals surface area contributed by atoms with Gasteiger partial charge >= 0.3 is 0 Å². The molecule has 0 saturated carbocycles. The number of rotatable bonds is 5. The molecule has 2 aliphatic heterocycles. The first-order valence-electron chi connectivity index (χ1n) is 11.6. The number of ether oxygens (including phenoxy) is 3. The molecule has 0 aliphatic carbocycles. The van der Waals surface area contributed by atoms with E-state index in [4.69, 9.17) is 14.2 Å². The molecular weight excluding hydrogens is 446 g/mol. The van der Waals surface area contributed by atoms with Crippen molar-refractivity contribution in [2.75, 3.05) is 56.7 Å². The second-order valence-electron chi connectivity index (χ2n) is 8.37. The van der Waals surface area contributed by atoms with Gasteiger partial charge < -0.3 is 29.3 Å². The van der Waals surface area contributed by atoms with E-state index < -0.39 is 0 Å². The molecule has 180 valence electrons. The Kier molecular flexibility index (Phi) is 6.43. The third-order valence-corrected chi connectivity index (χ3v) is 6.20. The summed E-state index contributed by atoms with van der Waals surface area (Å²) < 4.78 is 16.2. The third-order valence-electron chi connectivity index (χ3n) is 6.20. The normalized spacial score (nSPS) is 14.9. The lowest BCUT2D eigenvalue weighted by Gasteiger charge is -2.36. The van der Waals surface area contributed by atoms with Crippen molar-refractivity contribution in [3.8, 4) is 17.2 Å². The largest absolute Gasteiger partial charge is 0.497 e. The van der Waals surface area contributed by atoms with E-state index in [1.165, 1.54) is 0 Å². The van der Waals surface area contributed by atoms with Gasteiger partial charge in [0.25, 0.3) is 11.8 Å². The van der Waals surface area contributed by atoms with Crippen LogP contribution >= 0.6 is 0 Å². The fraction of sp³-hybridized carbons (Fsp3) is 0.259. The van der Waals surface area contributed by atoms with Crippen LogP contribution in [0.2, 0.25) is 0 Å². The molecular formula is C27H27N3O5. The van der Waals surface area contributed by atoms with Crippen molar-refractivity contribution in [3.05, 3.63) is 77.9 Å². The zero-order valence-electron chi connectivity index (χ0n) is 19.5. The Balaban J connectivity index is 1.16. The van der Waals surface area contributed by atoms with Crippen LogP contribution < -0.4 is 24.4 Å². The van der Waals surface area contributed by atoms with Crippen molar-refractivity contribution in [2.24, 2.45) is 0 Å². The summed E-state index contributed by atoms with van der Waals surface area (Å²) in [7, 11) is 1.61. The van der Waals surface area contributed by atoms with Crippen molar-refractivity contribution in [2.45, 2.75) is 0 Å². The van der Waals surface area contributed by atoms with Crippen LogP contribution in [0, 0.1) is 0 Å². The summed E-state index contributed by atoms with van der Waals surface area (Å²) in [5.74, 6) is 1.80. The number of carbonyl (C=O) groups is 2. The van der Waals surface area contributed by atoms with E-state index in [1.54, 1.807) is 49.6 Å². The Morgan fingerprint density at radius 3 is 2.14 bits per heavy atom. The topological polar surface area (TPSA) is 80.3 Å². The summed E-state index contributed by atoms with van der Waals surface area (Å²) in [5, 5.41) is 2.93. The highest BCUT2D eigenvalue weighted by molar-refractivity contribution is 6.04. The molecule has 0 spiro atoms. The number of carbonyl (C=O) groups excluding carboxylic acids is 2. The van der Waals surface area contributed by atoms with Crippen LogP contribution in [-0.2, 0) is 0 Å². The average molecular weight is 474 g/mol. The Labute approximate surface area is 204 Å². The highest BCUT2D eigenvalue weighted by Crippen LogP contribution is 2.31. The molecule has 5 rings (SSSR count). The number of nitrogens with zero attached hydrogens (tertiary/aromatic N) is 2. The van der Waals surface area contributed by atoms with Gasteiger partial charge in [-0.1, -0.05) is 0 Å². The summed E-state index contributed by atoms with van der Waals surface area (Å²) in [6, 6.07) is 20.1. The molecule has 1 N–H and O–H groups in total. The van der Waals surface area contributed by atoms with E-state index in [2.05, 4.69) is 10.2 Å². The first-order chi connectivity index (χ1) is 17.1. The summed E-state index contributed by atoms with van der Waals surface area (Å²) in [6.45, 7) is 3.76. The number of benzene rings is 3. The summed E-state index contributed by atoms with van der Waals surface area (Å²) in [4.78, 5) is 29.6. The molecule has 2 heterocycles. The summed E-state index contributed by atoms with van der Waals surface area (Å²) in [5.41, 5.74) is 2.94. The maximum atomic E-state index is 12.8. The molecule has 0 bridgehead atoms. The number of hydrogen-bond acceptors (Lipinski definition) is 6. The van der Waals surface area contributed by atoms with Gasteiger partial charge in [0.05, 0.1) is 7.11 Å². The van der Waals surface area contributed by atoms with Crippen LogP contribution in [0.1, 0.15) is 20.7 Å². The van der Waals surface area contributed by atoms with Crippen molar-refractivity contribution in [1.29, 1.82) is 0 Å². The van der Waals surface area contributed by atoms with Gasteiger partial charge in [0.1, 0.15) is 19.0 Å². The molecule has 3 aromatic carbocycles. The molecule has 8 heteroatoms. The van der Waals surface area contributed by atoms with E-state index in [0.29, 0.717) is 54.6 Å². The van der Waals surface area contributed by atoms with Gasteiger partial charge in [-0.25, -0.2) is 0 Å². The van der Waals surface area contributed by atoms with Crippen molar-refractivity contribution < 1.29 is 23.8 Å². The molecule has 0 atom stereocenters. The van der Waals surface area contributed by atoms with Crippen LogP contribution in [0.5, 0.6) is 17.2 Å². The van der Waals surface area contributed by atoms with E-state index >= 15 is 0 Å². The zero-order valence-corrected chi connectivity index (χ0v) is 19.5. The van der Waals surface area contributed by atoms with Gasteiger partial charge in [-0.15, -0.1) is 0 Å². The van der Waals surface area contributed by atoms with Crippen LogP contribution in [0.15, 0.2) is 66.7 Å². The molecule has 0 unspecified atom stereocenters. The van der Waals surface area contributed by atoms with Gasteiger partial charge in [-0.05, 0) is 66.7 Å². The molecule has 2 amide bonds. The van der Waals surface area contributed by atoms with Crippen molar-refractivity contribution >= 4 is 23.2 Å². The minimum absolute atomic E-state index is 0.0319. The average Bonchev–Trinajstić information content (AvgIpc) is 2.93. The first-order valence-corrected chi connectivity index (χ1v) is 11.6. The maximum absolute atomic E-state index is 12.8. The van der Waals surface area contributed by atoms with Gasteiger partial charge in [0.15, 0.2) is 11.5 Å². The number of anilines is 2. The number of piperazine rings is 1. The molecule has 0 aromatic heterocycles. The molecule has 1 saturated heterocycles. The third kappa shape index (κ3) is 5.01. The van der Waals surface area contributed by atoms with Gasteiger partial charge in [-0.2, -0.15) is 0 Å². The van der Waals surface area contributed by atoms with E-state index in [9.17, 15) is 9.59 Å².